The van der Waals surface area contributed by atoms with E-state index in [2.05, 4.69) is 11.4 Å². The van der Waals surface area contributed by atoms with E-state index in [1.54, 1.807) is 0 Å². The highest BCUT2D eigenvalue weighted by Crippen LogP contribution is 2.31. The Balaban J connectivity index is 2.17. The molecule has 0 radical (unpaired) electrons. The number of nitriles is 1. The third-order valence-electron chi connectivity index (χ3n) is 3.87. The van der Waals surface area contributed by atoms with Gasteiger partial charge in [0, 0.05) is 5.69 Å². The monoisotopic (exact) mass is 244 g/mol. The SMILES string of the molecule is Cc1cc(NC2(CO)CCCCC2)ccc1C#N. The molecule has 3 nitrogen and oxygen atoms in total. The van der Waals surface area contributed by atoms with Gasteiger partial charge < -0.3 is 10.4 Å². The summed E-state index contributed by atoms with van der Waals surface area (Å²) in [6.07, 6.45) is 5.63. The van der Waals surface area contributed by atoms with Crippen LogP contribution in [0, 0.1) is 18.3 Å². The van der Waals surface area contributed by atoms with Gasteiger partial charge in [0.05, 0.1) is 23.8 Å². The van der Waals surface area contributed by atoms with Gasteiger partial charge in [0.15, 0.2) is 0 Å². The van der Waals surface area contributed by atoms with E-state index < -0.39 is 0 Å². The van der Waals surface area contributed by atoms with Crippen molar-refractivity contribution in [2.24, 2.45) is 0 Å². The molecule has 0 aliphatic heterocycles. The van der Waals surface area contributed by atoms with Crippen LogP contribution in [0.25, 0.3) is 0 Å². The molecule has 0 heterocycles. The summed E-state index contributed by atoms with van der Waals surface area (Å²) in [7, 11) is 0. The van der Waals surface area contributed by atoms with Crippen molar-refractivity contribution in [1.29, 1.82) is 5.26 Å². The minimum atomic E-state index is -0.168. The second-order valence-corrected chi connectivity index (χ2v) is 5.27. The van der Waals surface area contributed by atoms with Gasteiger partial charge in [-0.2, -0.15) is 5.26 Å². The maximum atomic E-state index is 9.66. The van der Waals surface area contributed by atoms with E-state index in [1.165, 1.54) is 19.3 Å². The molecule has 1 aliphatic carbocycles. The van der Waals surface area contributed by atoms with Crippen molar-refractivity contribution in [2.75, 3.05) is 11.9 Å². The first kappa shape index (κ1) is 12.9. The lowest BCUT2D eigenvalue weighted by Gasteiger charge is -2.37. The minimum absolute atomic E-state index is 0.168. The standard InChI is InChI=1S/C15H20N2O/c1-12-9-14(6-5-13(12)10-16)17-15(11-18)7-3-2-4-8-15/h5-6,9,17-18H,2-4,7-8,11H2,1H3. The zero-order valence-electron chi connectivity index (χ0n) is 10.9. The van der Waals surface area contributed by atoms with Crippen molar-refractivity contribution in [2.45, 2.75) is 44.6 Å². The number of nitrogens with zero attached hydrogens (tertiary/aromatic N) is 1. The van der Waals surface area contributed by atoms with Crippen molar-refractivity contribution in [1.82, 2.24) is 0 Å². The molecule has 1 aromatic carbocycles. The molecular weight excluding hydrogens is 224 g/mol. The van der Waals surface area contributed by atoms with Crippen molar-refractivity contribution in [3.05, 3.63) is 29.3 Å². The molecule has 0 bridgehead atoms. The molecule has 0 atom stereocenters. The third kappa shape index (κ3) is 2.65. The molecule has 1 aromatic rings. The van der Waals surface area contributed by atoms with Gasteiger partial charge in [-0.3, -0.25) is 0 Å². The molecule has 0 aromatic heterocycles. The highest BCUT2D eigenvalue weighted by atomic mass is 16.3. The predicted octanol–water partition coefficient (Wildman–Crippen LogP) is 2.97. The molecule has 0 spiro atoms. The Morgan fingerprint density at radius 3 is 2.61 bits per heavy atom. The molecule has 2 N–H and O–H groups in total. The van der Waals surface area contributed by atoms with Gasteiger partial charge in [-0.25, -0.2) is 0 Å². The van der Waals surface area contributed by atoms with Crippen LogP contribution in [0.3, 0.4) is 0 Å². The van der Waals surface area contributed by atoms with Crippen molar-refractivity contribution in [3.63, 3.8) is 0 Å². The average Bonchev–Trinajstić information content (AvgIpc) is 2.40. The van der Waals surface area contributed by atoms with Gasteiger partial charge in [-0.15, -0.1) is 0 Å². The summed E-state index contributed by atoms with van der Waals surface area (Å²) in [6.45, 7) is 2.11. The predicted molar refractivity (Wildman–Crippen MR) is 72.4 cm³/mol. The first-order valence-electron chi connectivity index (χ1n) is 6.59. The molecule has 0 amide bonds. The fourth-order valence-corrected chi connectivity index (χ4v) is 2.72. The molecule has 2 rings (SSSR count). The topological polar surface area (TPSA) is 56.0 Å². The van der Waals surface area contributed by atoms with Crippen LogP contribution in [-0.2, 0) is 0 Å². The molecule has 3 heteroatoms. The van der Waals surface area contributed by atoms with E-state index in [-0.39, 0.29) is 12.1 Å². The summed E-state index contributed by atoms with van der Waals surface area (Å²) in [6, 6.07) is 7.93. The Labute approximate surface area is 108 Å². The number of nitrogens with one attached hydrogen (secondary N) is 1. The summed E-state index contributed by atoms with van der Waals surface area (Å²) in [5.74, 6) is 0. The zero-order chi connectivity index (χ0) is 13.0. The number of hydrogen-bond acceptors (Lipinski definition) is 3. The number of anilines is 1. The average molecular weight is 244 g/mol. The molecule has 96 valence electrons. The summed E-state index contributed by atoms with van der Waals surface area (Å²) in [5.41, 5.74) is 2.52. The smallest absolute Gasteiger partial charge is 0.0994 e. The van der Waals surface area contributed by atoms with E-state index in [1.807, 2.05) is 25.1 Å². The second kappa shape index (κ2) is 5.41. The highest BCUT2D eigenvalue weighted by molar-refractivity contribution is 5.53. The highest BCUT2D eigenvalue weighted by Gasteiger charge is 2.31. The van der Waals surface area contributed by atoms with Crippen LogP contribution in [0.5, 0.6) is 0 Å². The summed E-state index contributed by atoms with van der Waals surface area (Å²) in [4.78, 5) is 0. The normalized spacial score (nSPS) is 18.1. The maximum absolute atomic E-state index is 9.66. The van der Waals surface area contributed by atoms with Gasteiger partial charge in [0.25, 0.3) is 0 Å². The quantitative estimate of drug-likeness (QED) is 0.859. The molecule has 18 heavy (non-hydrogen) atoms. The Morgan fingerprint density at radius 2 is 2.06 bits per heavy atom. The fourth-order valence-electron chi connectivity index (χ4n) is 2.72. The lowest BCUT2D eigenvalue weighted by molar-refractivity contribution is 0.173. The molecule has 0 saturated heterocycles. The van der Waals surface area contributed by atoms with Crippen LogP contribution in [0.2, 0.25) is 0 Å². The Bertz CT molecular complexity index is 456. The second-order valence-electron chi connectivity index (χ2n) is 5.27. The first-order chi connectivity index (χ1) is 8.69. The van der Waals surface area contributed by atoms with Crippen LogP contribution in [0.4, 0.5) is 5.69 Å². The number of benzene rings is 1. The molecule has 1 fully saturated rings. The van der Waals surface area contributed by atoms with Gasteiger partial charge >= 0.3 is 0 Å². The lowest BCUT2D eigenvalue weighted by Crippen LogP contribution is -2.43. The number of hydrogen-bond donors (Lipinski definition) is 2. The van der Waals surface area contributed by atoms with Crippen molar-refractivity contribution in [3.8, 4) is 6.07 Å². The molecule has 1 aliphatic rings. The van der Waals surface area contributed by atoms with E-state index in [9.17, 15) is 5.11 Å². The van der Waals surface area contributed by atoms with Crippen LogP contribution in [0.15, 0.2) is 18.2 Å². The van der Waals surface area contributed by atoms with Crippen LogP contribution >= 0.6 is 0 Å². The maximum Gasteiger partial charge on any atom is 0.0994 e. The van der Waals surface area contributed by atoms with Crippen LogP contribution < -0.4 is 5.32 Å². The molecule has 1 saturated carbocycles. The minimum Gasteiger partial charge on any atom is -0.394 e. The van der Waals surface area contributed by atoms with E-state index in [4.69, 9.17) is 5.26 Å². The van der Waals surface area contributed by atoms with E-state index in [0.717, 1.165) is 24.1 Å². The summed E-state index contributed by atoms with van der Waals surface area (Å²) in [5, 5.41) is 22.1. The number of aliphatic hydroxyl groups is 1. The van der Waals surface area contributed by atoms with Gasteiger partial charge in [-0.1, -0.05) is 19.3 Å². The summed E-state index contributed by atoms with van der Waals surface area (Å²) >= 11 is 0. The van der Waals surface area contributed by atoms with Crippen LogP contribution in [-0.4, -0.2) is 17.3 Å². The zero-order valence-corrected chi connectivity index (χ0v) is 10.9. The lowest BCUT2D eigenvalue weighted by atomic mass is 9.82. The molecular formula is C15H20N2O. The van der Waals surface area contributed by atoms with E-state index >= 15 is 0 Å². The van der Waals surface area contributed by atoms with Crippen molar-refractivity contribution < 1.29 is 5.11 Å². The Hall–Kier alpha value is -1.53. The summed E-state index contributed by atoms with van der Waals surface area (Å²) < 4.78 is 0. The Morgan fingerprint density at radius 1 is 1.33 bits per heavy atom. The number of aliphatic hydroxyl groups excluding tert-OH is 1. The molecule has 0 unspecified atom stereocenters. The van der Waals surface area contributed by atoms with Crippen molar-refractivity contribution >= 4 is 5.69 Å². The largest absolute Gasteiger partial charge is 0.394 e. The van der Waals surface area contributed by atoms with Crippen LogP contribution in [0.1, 0.15) is 43.2 Å². The first-order valence-corrected chi connectivity index (χ1v) is 6.59. The Kier molecular flexibility index (Phi) is 3.88. The number of rotatable bonds is 3. The van der Waals surface area contributed by atoms with Gasteiger partial charge in [-0.05, 0) is 43.5 Å². The third-order valence-corrected chi connectivity index (χ3v) is 3.87. The van der Waals surface area contributed by atoms with Gasteiger partial charge in [0.1, 0.15) is 0 Å². The number of aryl methyl sites for hydroxylation is 1. The van der Waals surface area contributed by atoms with Gasteiger partial charge in [0.2, 0.25) is 0 Å². The van der Waals surface area contributed by atoms with E-state index in [0.29, 0.717) is 5.56 Å². The fraction of sp³-hybridized carbons (Fsp3) is 0.533.